The van der Waals surface area contributed by atoms with Gasteiger partial charge in [-0.1, -0.05) is 0 Å². The molecule has 0 aliphatic carbocycles. The molecule has 2 unspecified atom stereocenters. The molecule has 0 N–H and O–H groups in total. The fourth-order valence-corrected chi connectivity index (χ4v) is 2.38. The molecule has 5 heteroatoms. The van der Waals surface area contributed by atoms with Gasteiger partial charge in [0.05, 0.1) is 19.8 Å². The van der Waals surface area contributed by atoms with Crippen molar-refractivity contribution >= 4 is 5.97 Å². The number of esters is 1. The monoisotopic (exact) mass is 243 g/mol. The molecule has 0 radical (unpaired) electrons. The molecule has 17 heavy (non-hydrogen) atoms. The summed E-state index contributed by atoms with van der Waals surface area (Å²) in [5.41, 5.74) is 0. The van der Waals surface area contributed by atoms with Gasteiger partial charge in [0.25, 0.3) is 0 Å². The highest BCUT2D eigenvalue weighted by atomic mass is 16.6. The second-order valence-electron chi connectivity index (χ2n) is 4.61. The van der Waals surface area contributed by atoms with Crippen LogP contribution in [0.5, 0.6) is 0 Å². The molecule has 2 fully saturated rings. The molecule has 0 aromatic rings. The normalized spacial score (nSPS) is 30.4. The number of methoxy groups -OCH3 is 1. The minimum atomic E-state index is -0.418. The van der Waals surface area contributed by atoms with E-state index in [1.165, 1.54) is 20.0 Å². The van der Waals surface area contributed by atoms with Crippen molar-refractivity contribution in [2.75, 3.05) is 40.0 Å². The summed E-state index contributed by atoms with van der Waals surface area (Å²) in [5, 5.41) is 0. The van der Waals surface area contributed by atoms with Gasteiger partial charge in [-0.3, -0.25) is 4.90 Å². The first-order chi connectivity index (χ1) is 8.29. The van der Waals surface area contributed by atoms with E-state index in [9.17, 15) is 4.79 Å². The molecule has 2 heterocycles. The van der Waals surface area contributed by atoms with Crippen LogP contribution >= 0.6 is 0 Å². The Hall–Kier alpha value is -0.650. The molecule has 2 rings (SSSR count). The van der Waals surface area contributed by atoms with E-state index < -0.39 is 6.10 Å². The van der Waals surface area contributed by atoms with Gasteiger partial charge in [-0.15, -0.1) is 0 Å². The van der Waals surface area contributed by atoms with Crippen LogP contribution in [0.4, 0.5) is 0 Å². The van der Waals surface area contributed by atoms with E-state index in [-0.39, 0.29) is 5.97 Å². The first-order valence-corrected chi connectivity index (χ1v) is 6.33. The predicted octanol–water partition coefficient (Wildman–Crippen LogP) is 0.429. The van der Waals surface area contributed by atoms with Crippen LogP contribution < -0.4 is 0 Å². The van der Waals surface area contributed by atoms with E-state index in [2.05, 4.69) is 4.90 Å². The van der Waals surface area contributed by atoms with Gasteiger partial charge in [-0.05, 0) is 19.3 Å². The van der Waals surface area contributed by atoms with E-state index in [4.69, 9.17) is 14.2 Å². The van der Waals surface area contributed by atoms with Crippen LogP contribution in [-0.4, -0.2) is 63.0 Å². The Kier molecular flexibility index (Phi) is 4.76. The van der Waals surface area contributed by atoms with E-state index in [0.29, 0.717) is 19.3 Å². The Morgan fingerprint density at radius 3 is 3.00 bits per heavy atom. The summed E-state index contributed by atoms with van der Waals surface area (Å²) in [6.07, 6.45) is 3.39. The lowest BCUT2D eigenvalue weighted by molar-refractivity contribution is -0.159. The molecule has 5 nitrogen and oxygen atoms in total. The summed E-state index contributed by atoms with van der Waals surface area (Å²) in [5.74, 6) is -0.271. The highest BCUT2D eigenvalue weighted by Crippen LogP contribution is 2.16. The van der Waals surface area contributed by atoms with Gasteiger partial charge in [-0.2, -0.15) is 0 Å². The summed E-state index contributed by atoms with van der Waals surface area (Å²) in [7, 11) is 1.40. The predicted molar refractivity (Wildman–Crippen MR) is 61.8 cm³/mol. The van der Waals surface area contributed by atoms with Crippen molar-refractivity contribution in [1.29, 1.82) is 0 Å². The quantitative estimate of drug-likeness (QED) is 0.670. The fraction of sp³-hybridized carbons (Fsp3) is 0.917. The lowest BCUT2D eigenvalue weighted by Crippen LogP contribution is -2.47. The zero-order chi connectivity index (χ0) is 12.1. The van der Waals surface area contributed by atoms with Crippen LogP contribution in [0.15, 0.2) is 0 Å². The second-order valence-corrected chi connectivity index (χ2v) is 4.61. The Labute approximate surface area is 102 Å². The van der Waals surface area contributed by atoms with Gasteiger partial charge in [-0.25, -0.2) is 4.79 Å². The number of nitrogens with zero attached hydrogens (tertiary/aromatic N) is 1. The maximum atomic E-state index is 11.4. The molecular formula is C12H21NO4. The molecular weight excluding hydrogens is 222 g/mol. The molecule has 0 aromatic carbocycles. The fourth-order valence-electron chi connectivity index (χ4n) is 2.38. The molecule has 2 aliphatic heterocycles. The Morgan fingerprint density at radius 1 is 1.41 bits per heavy atom. The van der Waals surface area contributed by atoms with Gasteiger partial charge in [0, 0.05) is 26.2 Å². The lowest BCUT2D eigenvalue weighted by atomic mass is 10.1. The number of rotatable bonds is 4. The second kappa shape index (κ2) is 6.33. The number of carbonyl (C=O) groups excluding carboxylic acids is 1. The number of hydrogen-bond donors (Lipinski definition) is 0. The third-order valence-corrected chi connectivity index (χ3v) is 3.41. The van der Waals surface area contributed by atoms with E-state index in [1.54, 1.807) is 0 Å². The molecule has 0 bridgehead atoms. The van der Waals surface area contributed by atoms with Crippen LogP contribution in [0.2, 0.25) is 0 Å². The highest BCUT2D eigenvalue weighted by Gasteiger charge is 2.27. The first-order valence-electron chi connectivity index (χ1n) is 6.33. The largest absolute Gasteiger partial charge is 0.467 e. The van der Waals surface area contributed by atoms with Crippen LogP contribution in [0.3, 0.4) is 0 Å². The zero-order valence-electron chi connectivity index (χ0n) is 10.4. The SMILES string of the molecule is COC(=O)C1CN(CCC2CCCO2)CCO1. The third kappa shape index (κ3) is 3.66. The lowest BCUT2D eigenvalue weighted by Gasteiger charge is -2.31. The van der Waals surface area contributed by atoms with Crippen LogP contribution in [0, 0.1) is 0 Å². The minimum Gasteiger partial charge on any atom is -0.467 e. The van der Waals surface area contributed by atoms with Gasteiger partial charge in [0.1, 0.15) is 0 Å². The summed E-state index contributed by atoms with van der Waals surface area (Å²) in [4.78, 5) is 13.6. The van der Waals surface area contributed by atoms with Gasteiger partial charge >= 0.3 is 5.97 Å². The van der Waals surface area contributed by atoms with E-state index in [1.807, 2.05) is 0 Å². The van der Waals surface area contributed by atoms with E-state index >= 15 is 0 Å². The Morgan fingerprint density at radius 2 is 2.29 bits per heavy atom. The maximum absolute atomic E-state index is 11.4. The smallest absolute Gasteiger partial charge is 0.336 e. The summed E-state index contributed by atoms with van der Waals surface area (Å²) < 4.78 is 15.7. The van der Waals surface area contributed by atoms with Crippen molar-refractivity contribution in [3.8, 4) is 0 Å². The van der Waals surface area contributed by atoms with Crippen molar-refractivity contribution in [1.82, 2.24) is 4.90 Å². The standard InChI is InChI=1S/C12H21NO4/c1-15-12(14)11-9-13(6-8-17-11)5-4-10-3-2-7-16-10/h10-11H,2-9H2,1H3. The number of hydrogen-bond acceptors (Lipinski definition) is 5. The molecule has 0 spiro atoms. The topological polar surface area (TPSA) is 48.0 Å². The summed E-state index contributed by atoms with van der Waals surface area (Å²) in [6.45, 7) is 4.00. The van der Waals surface area contributed by atoms with Gasteiger partial charge in [0.15, 0.2) is 6.10 Å². The Balaban J connectivity index is 1.71. The van der Waals surface area contributed by atoms with Gasteiger partial charge in [0.2, 0.25) is 0 Å². The highest BCUT2D eigenvalue weighted by molar-refractivity contribution is 5.74. The van der Waals surface area contributed by atoms with Crippen molar-refractivity contribution in [2.24, 2.45) is 0 Å². The molecule has 0 saturated carbocycles. The molecule has 2 saturated heterocycles. The maximum Gasteiger partial charge on any atom is 0.336 e. The first kappa shape index (κ1) is 12.8. The molecule has 2 atom stereocenters. The average molecular weight is 243 g/mol. The summed E-state index contributed by atoms with van der Waals surface area (Å²) >= 11 is 0. The number of carbonyl (C=O) groups is 1. The Bertz CT molecular complexity index is 253. The van der Waals surface area contributed by atoms with Crippen LogP contribution in [-0.2, 0) is 19.0 Å². The average Bonchev–Trinajstić information content (AvgIpc) is 2.89. The summed E-state index contributed by atoms with van der Waals surface area (Å²) in [6, 6.07) is 0. The van der Waals surface area contributed by atoms with Crippen molar-refractivity contribution in [3.05, 3.63) is 0 Å². The van der Waals surface area contributed by atoms with Crippen molar-refractivity contribution in [2.45, 2.75) is 31.5 Å². The van der Waals surface area contributed by atoms with E-state index in [0.717, 1.165) is 26.1 Å². The molecule has 2 aliphatic rings. The van der Waals surface area contributed by atoms with Crippen molar-refractivity contribution < 1.29 is 19.0 Å². The van der Waals surface area contributed by atoms with Gasteiger partial charge < -0.3 is 14.2 Å². The number of morpholine rings is 1. The minimum absolute atomic E-state index is 0.271. The molecule has 0 aromatic heterocycles. The number of ether oxygens (including phenoxy) is 3. The van der Waals surface area contributed by atoms with Crippen LogP contribution in [0.25, 0.3) is 0 Å². The van der Waals surface area contributed by atoms with Crippen molar-refractivity contribution in [3.63, 3.8) is 0 Å². The molecule has 98 valence electrons. The zero-order valence-corrected chi connectivity index (χ0v) is 10.4. The van der Waals surface area contributed by atoms with Crippen LogP contribution in [0.1, 0.15) is 19.3 Å². The third-order valence-electron chi connectivity index (χ3n) is 3.41. The molecule has 0 amide bonds.